The summed E-state index contributed by atoms with van der Waals surface area (Å²) >= 11 is 5.57. The van der Waals surface area contributed by atoms with Crippen molar-refractivity contribution in [3.63, 3.8) is 0 Å². The highest BCUT2D eigenvalue weighted by Crippen LogP contribution is 2.36. The maximum absolute atomic E-state index is 13.1. The van der Waals surface area contributed by atoms with Gasteiger partial charge in [0.2, 0.25) is 15.9 Å². The first-order valence-electron chi connectivity index (χ1n) is 9.23. The molecular weight excluding hydrogens is 441 g/mol. The third kappa shape index (κ3) is 4.96. The Kier molecular flexibility index (Phi) is 6.45. The molecule has 0 bridgehead atoms. The molecule has 1 heterocycles. The highest BCUT2D eigenvalue weighted by molar-refractivity contribution is 7.89. The zero-order valence-corrected chi connectivity index (χ0v) is 17.6. The van der Waals surface area contributed by atoms with E-state index in [-0.39, 0.29) is 37.8 Å². The van der Waals surface area contributed by atoms with Crippen molar-refractivity contribution in [2.45, 2.75) is 30.8 Å². The van der Waals surface area contributed by atoms with E-state index in [9.17, 15) is 26.4 Å². The fourth-order valence-electron chi connectivity index (χ4n) is 3.36. The fourth-order valence-corrected chi connectivity index (χ4v) is 5.08. The number of nitrogens with one attached hydrogen (secondary N) is 1. The first kappa shape index (κ1) is 22.6. The quantitative estimate of drug-likeness (QED) is 0.718. The van der Waals surface area contributed by atoms with Crippen molar-refractivity contribution in [2.75, 3.05) is 18.4 Å². The normalized spacial score (nSPS) is 16.4. The van der Waals surface area contributed by atoms with Crippen molar-refractivity contribution in [1.82, 2.24) is 4.31 Å². The number of rotatable bonds is 4. The lowest BCUT2D eigenvalue weighted by molar-refractivity contribution is -0.137. The predicted octanol–water partition coefficient (Wildman–Crippen LogP) is 4.71. The van der Waals surface area contributed by atoms with E-state index in [1.54, 1.807) is 6.07 Å². The Labute approximate surface area is 177 Å². The second-order valence-corrected chi connectivity index (χ2v) is 9.52. The van der Waals surface area contributed by atoms with E-state index >= 15 is 0 Å². The third-order valence-corrected chi connectivity index (χ3v) is 7.22. The summed E-state index contributed by atoms with van der Waals surface area (Å²) in [5.74, 6) is -0.587. The van der Waals surface area contributed by atoms with Crippen LogP contribution in [0.15, 0.2) is 47.4 Å². The van der Waals surface area contributed by atoms with Gasteiger partial charge in [-0.25, -0.2) is 8.42 Å². The van der Waals surface area contributed by atoms with E-state index in [0.717, 1.165) is 22.0 Å². The number of nitrogens with zero attached hydrogens (tertiary/aromatic N) is 1. The summed E-state index contributed by atoms with van der Waals surface area (Å²) in [7, 11) is -4.13. The number of hydrogen-bond acceptors (Lipinski definition) is 3. The van der Waals surface area contributed by atoms with Gasteiger partial charge in [-0.1, -0.05) is 23.7 Å². The molecule has 2 aromatic carbocycles. The van der Waals surface area contributed by atoms with Gasteiger partial charge in [-0.3, -0.25) is 4.79 Å². The van der Waals surface area contributed by atoms with Gasteiger partial charge in [0.1, 0.15) is 0 Å². The predicted molar refractivity (Wildman–Crippen MR) is 108 cm³/mol. The van der Waals surface area contributed by atoms with E-state index in [2.05, 4.69) is 5.32 Å². The van der Waals surface area contributed by atoms with Crippen LogP contribution in [0.3, 0.4) is 0 Å². The molecule has 10 heteroatoms. The number of piperidine rings is 1. The van der Waals surface area contributed by atoms with Crippen LogP contribution in [-0.2, 0) is 21.0 Å². The van der Waals surface area contributed by atoms with Crippen LogP contribution in [0.1, 0.15) is 24.0 Å². The maximum atomic E-state index is 13.1. The van der Waals surface area contributed by atoms with Gasteiger partial charge in [0, 0.05) is 24.7 Å². The van der Waals surface area contributed by atoms with Crippen molar-refractivity contribution >= 4 is 33.2 Å². The summed E-state index contributed by atoms with van der Waals surface area (Å²) in [6.07, 6.45) is -4.21. The number of carbonyl (C=O) groups excluding carboxylic acids is 1. The van der Waals surface area contributed by atoms with E-state index in [0.29, 0.717) is 11.8 Å². The van der Waals surface area contributed by atoms with Crippen LogP contribution in [-0.4, -0.2) is 31.7 Å². The molecule has 1 fully saturated rings. The number of carbonyl (C=O) groups is 1. The number of amides is 1. The average molecular weight is 461 g/mol. The maximum Gasteiger partial charge on any atom is 0.417 e. The molecule has 2 aromatic rings. The Balaban J connectivity index is 1.69. The Morgan fingerprint density at radius 3 is 2.40 bits per heavy atom. The van der Waals surface area contributed by atoms with E-state index in [4.69, 9.17) is 11.6 Å². The van der Waals surface area contributed by atoms with Crippen molar-refractivity contribution < 1.29 is 26.4 Å². The first-order valence-corrected chi connectivity index (χ1v) is 11.0. The SMILES string of the molecule is Cc1cccc(NC(=O)C2CCN(S(=O)(=O)c3ccc(Cl)c(C(F)(F)F)c3)CC2)c1. The molecule has 5 nitrogen and oxygen atoms in total. The minimum Gasteiger partial charge on any atom is -0.326 e. The highest BCUT2D eigenvalue weighted by Gasteiger charge is 2.37. The highest BCUT2D eigenvalue weighted by atomic mass is 35.5. The summed E-state index contributed by atoms with van der Waals surface area (Å²) in [5, 5.41) is 2.26. The van der Waals surface area contributed by atoms with Crippen molar-refractivity contribution in [2.24, 2.45) is 5.92 Å². The number of aryl methyl sites for hydroxylation is 1. The molecule has 0 radical (unpaired) electrons. The zero-order valence-electron chi connectivity index (χ0n) is 16.0. The molecule has 162 valence electrons. The number of sulfonamides is 1. The average Bonchev–Trinajstić information content (AvgIpc) is 2.67. The molecule has 0 unspecified atom stereocenters. The lowest BCUT2D eigenvalue weighted by Crippen LogP contribution is -2.41. The summed E-state index contributed by atoms with van der Waals surface area (Å²) in [6, 6.07) is 9.86. The molecule has 0 aliphatic carbocycles. The number of hydrogen-bond donors (Lipinski definition) is 1. The zero-order chi connectivity index (χ0) is 22.1. The molecule has 1 amide bonds. The molecule has 0 spiro atoms. The lowest BCUT2D eigenvalue weighted by Gasteiger charge is -2.30. The Bertz CT molecular complexity index is 1050. The van der Waals surface area contributed by atoms with Gasteiger partial charge in [0.25, 0.3) is 0 Å². The van der Waals surface area contributed by atoms with Gasteiger partial charge >= 0.3 is 6.18 Å². The van der Waals surface area contributed by atoms with Crippen molar-refractivity contribution in [1.29, 1.82) is 0 Å². The van der Waals surface area contributed by atoms with Crippen molar-refractivity contribution in [3.8, 4) is 0 Å². The number of alkyl halides is 3. The molecular formula is C20H20ClF3N2O3S. The molecule has 30 heavy (non-hydrogen) atoms. The topological polar surface area (TPSA) is 66.5 Å². The number of halogens is 4. The summed E-state index contributed by atoms with van der Waals surface area (Å²) in [5.41, 5.74) is 0.462. The second-order valence-electron chi connectivity index (χ2n) is 7.18. The molecule has 1 aliphatic rings. The van der Waals surface area contributed by atoms with Crippen LogP contribution in [0.4, 0.5) is 18.9 Å². The molecule has 1 aliphatic heterocycles. The van der Waals surface area contributed by atoms with Crippen LogP contribution < -0.4 is 5.32 Å². The first-order chi connectivity index (χ1) is 14.0. The van der Waals surface area contributed by atoms with Gasteiger partial charge in [0.05, 0.1) is 15.5 Å². The Hall–Kier alpha value is -2.10. The van der Waals surface area contributed by atoms with E-state index in [1.165, 1.54) is 0 Å². The monoisotopic (exact) mass is 460 g/mol. The Morgan fingerprint density at radius 2 is 1.80 bits per heavy atom. The molecule has 0 saturated carbocycles. The van der Waals surface area contributed by atoms with Crippen LogP contribution in [0, 0.1) is 12.8 Å². The van der Waals surface area contributed by atoms with Gasteiger partial charge in [-0.15, -0.1) is 0 Å². The van der Waals surface area contributed by atoms with E-state index < -0.39 is 31.7 Å². The molecule has 0 atom stereocenters. The summed E-state index contributed by atoms with van der Waals surface area (Å²) < 4.78 is 65.9. The van der Waals surface area contributed by atoms with Crippen LogP contribution in [0.5, 0.6) is 0 Å². The standard InChI is InChI=1S/C20H20ClF3N2O3S/c1-13-3-2-4-15(11-13)25-19(27)14-7-9-26(10-8-14)30(28,29)16-5-6-18(21)17(12-16)20(22,23)24/h2-6,11-12,14H,7-10H2,1H3,(H,25,27). The smallest absolute Gasteiger partial charge is 0.326 e. The minimum atomic E-state index is -4.76. The van der Waals surface area contributed by atoms with Crippen LogP contribution in [0.2, 0.25) is 5.02 Å². The lowest BCUT2D eigenvalue weighted by atomic mass is 9.97. The van der Waals surface area contributed by atoms with E-state index in [1.807, 2.05) is 25.1 Å². The Morgan fingerprint density at radius 1 is 1.13 bits per heavy atom. The summed E-state index contributed by atoms with van der Waals surface area (Å²) in [4.78, 5) is 12.0. The van der Waals surface area contributed by atoms with Gasteiger partial charge < -0.3 is 5.32 Å². The van der Waals surface area contributed by atoms with Crippen molar-refractivity contribution in [3.05, 3.63) is 58.6 Å². The minimum absolute atomic E-state index is 0.0399. The van der Waals surface area contributed by atoms with Gasteiger partial charge in [-0.05, 0) is 55.7 Å². The largest absolute Gasteiger partial charge is 0.417 e. The number of benzene rings is 2. The van der Waals surface area contributed by atoms with Crippen LogP contribution >= 0.6 is 11.6 Å². The second kappa shape index (κ2) is 8.56. The number of anilines is 1. The molecule has 1 saturated heterocycles. The molecule has 0 aromatic heterocycles. The summed E-state index contributed by atoms with van der Waals surface area (Å²) in [6.45, 7) is 1.98. The van der Waals surface area contributed by atoms with Gasteiger partial charge in [-0.2, -0.15) is 17.5 Å². The third-order valence-electron chi connectivity index (χ3n) is 4.99. The molecule has 1 N–H and O–H groups in total. The fraction of sp³-hybridized carbons (Fsp3) is 0.350. The van der Waals surface area contributed by atoms with Crippen LogP contribution in [0.25, 0.3) is 0 Å². The molecule has 3 rings (SSSR count). The van der Waals surface area contributed by atoms with Gasteiger partial charge in [0.15, 0.2) is 0 Å².